The molecular weight excluding hydrogens is 288 g/mol. The molecule has 1 rings (SSSR count). The molecule has 0 spiro atoms. The van der Waals surface area contributed by atoms with E-state index in [1.807, 2.05) is 0 Å². The van der Waals surface area contributed by atoms with E-state index >= 15 is 0 Å². The minimum Gasteiger partial charge on any atom is -0.398 e. The van der Waals surface area contributed by atoms with Crippen molar-refractivity contribution in [2.24, 2.45) is 0 Å². The van der Waals surface area contributed by atoms with Crippen molar-refractivity contribution in [2.45, 2.75) is 24.8 Å². The van der Waals surface area contributed by atoms with Crippen LogP contribution in [0.4, 0.5) is 5.69 Å². The zero-order valence-electron chi connectivity index (χ0n) is 11.0. The highest BCUT2D eigenvalue weighted by molar-refractivity contribution is 7.91. The first-order chi connectivity index (χ1) is 8.53. The van der Waals surface area contributed by atoms with Crippen LogP contribution in [-0.2, 0) is 19.9 Å². The van der Waals surface area contributed by atoms with Crippen molar-refractivity contribution < 1.29 is 16.8 Å². The van der Waals surface area contributed by atoms with E-state index in [-0.39, 0.29) is 10.6 Å². The molecule has 8 heteroatoms. The number of hydrogen-bond donors (Lipinski definition) is 2. The fraction of sp³-hybridized carbons (Fsp3) is 0.455. The first kappa shape index (κ1) is 15.9. The normalized spacial score (nSPS) is 14.3. The van der Waals surface area contributed by atoms with Gasteiger partial charge in [-0.05, 0) is 31.5 Å². The van der Waals surface area contributed by atoms with Gasteiger partial charge in [-0.15, -0.1) is 0 Å². The second-order valence-electron chi connectivity index (χ2n) is 4.59. The van der Waals surface area contributed by atoms with Gasteiger partial charge >= 0.3 is 0 Å². The van der Waals surface area contributed by atoms with Crippen LogP contribution >= 0.6 is 0 Å². The van der Waals surface area contributed by atoms with Crippen LogP contribution in [0, 0.1) is 6.92 Å². The van der Waals surface area contributed by atoms with Gasteiger partial charge in [-0.1, -0.05) is 6.07 Å². The van der Waals surface area contributed by atoms with Crippen molar-refractivity contribution in [3.05, 3.63) is 23.8 Å². The zero-order chi connectivity index (χ0) is 14.8. The molecule has 1 aromatic rings. The Labute approximate surface area is 114 Å². The van der Waals surface area contributed by atoms with E-state index in [0.29, 0.717) is 11.3 Å². The average molecular weight is 306 g/mol. The quantitative estimate of drug-likeness (QED) is 0.760. The van der Waals surface area contributed by atoms with Crippen LogP contribution in [-0.4, -0.2) is 34.9 Å². The molecule has 0 aromatic heterocycles. The highest BCUT2D eigenvalue weighted by Crippen LogP contribution is 2.20. The molecular formula is C11H18N2O4S2. The lowest BCUT2D eigenvalue weighted by molar-refractivity contribution is 0.564. The van der Waals surface area contributed by atoms with Crippen molar-refractivity contribution in [3.8, 4) is 0 Å². The lowest BCUT2D eigenvalue weighted by atomic mass is 10.2. The summed E-state index contributed by atoms with van der Waals surface area (Å²) in [5, 5.41) is 0. The number of nitrogens with one attached hydrogen (secondary N) is 1. The molecule has 3 N–H and O–H groups in total. The highest BCUT2D eigenvalue weighted by Gasteiger charge is 2.22. The van der Waals surface area contributed by atoms with Crippen molar-refractivity contribution in [1.29, 1.82) is 0 Å². The van der Waals surface area contributed by atoms with Crippen molar-refractivity contribution in [2.75, 3.05) is 17.7 Å². The summed E-state index contributed by atoms with van der Waals surface area (Å²) in [6.07, 6.45) is 1.06. The summed E-state index contributed by atoms with van der Waals surface area (Å²) in [5.41, 5.74) is 6.48. The van der Waals surface area contributed by atoms with E-state index in [4.69, 9.17) is 5.73 Å². The van der Waals surface area contributed by atoms with Crippen molar-refractivity contribution in [3.63, 3.8) is 0 Å². The maximum Gasteiger partial charge on any atom is 0.241 e. The van der Waals surface area contributed by atoms with Gasteiger partial charge in [0.2, 0.25) is 10.0 Å². The molecule has 0 aliphatic rings. The number of hydrogen-bond acceptors (Lipinski definition) is 5. The molecule has 0 bridgehead atoms. The summed E-state index contributed by atoms with van der Waals surface area (Å²) in [6, 6.07) is 3.87. The Bertz CT molecular complexity index is 666. The topological polar surface area (TPSA) is 106 Å². The number of rotatable bonds is 5. The van der Waals surface area contributed by atoms with Crippen LogP contribution in [0.5, 0.6) is 0 Å². The molecule has 0 fully saturated rings. The summed E-state index contributed by atoms with van der Waals surface area (Å²) in [7, 11) is -7.03. The smallest absolute Gasteiger partial charge is 0.241 e. The average Bonchev–Trinajstić information content (AvgIpc) is 2.17. The second kappa shape index (κ2) is 5.48. The maximum absolute atomic E-state index is 12.1. The Morgan fingerprint density at radius 1 is 1.26 bits per heavy atom. The fourth-order valence-electron chi connectivity index (χ4n) is 1.74. The summed E-state index contributed by atoms with van der Waals surface area (Å²) in [4.78, 5) is 0.0628. The number of sulfone groups is 1. The molecule has 0 amide bonds. The molecule has 1 atom stereocenters. The Morgan fingerprint density at radius 3 is 2.37 bits per heavy atom. The van der Waals surface area contributed by atoms with Crippen LogP contribution in [0.15, 0.2) is 23.1 Å². The molecule has 0 saturated carbocycles. The molecule has 0 aliphatic heterocycles. The number of nitrogen functional groups attached to an aromatic ring is 1. The number of sulfonamides is 1. The predicted molar refractivity (Wildman–Crippen MR) is 75.1 cm³/mol. The number of anilines is 1. The predicted octanol–water partition coefficient (Wildman–Crippen LogP) is 0.289. The van der Waals surface area contributed by atoms with Gasteiger partial charge < -0.3 is 5.73 Å². The summed E-state index contributed by atoms with van der Waals surface area (Å²) in [6.45, 7) is 3.10. The minimum atomic E-state index is -3.78. The summed E-state index contributed by atoms with van der Waals surface area (Å²) < 4.78 is 48.9. The standard InChI is InChI=1S/C11H18N2O4S2/c1-8(7-18(3,14)15)13-19(16,17)11-6-4-5-10(12)9(11)2/h4-6,8,13H,7,12H2,1-3H3. The van der Waals surface area contributed by atoms with Gasteiger partial charge in [0.15, 0.2) is 0 Å². The molecule has 1 aromatic carbocycles. The molecule has 19 heavy (non-hydrogen) atoms. The molecule has 1 unspecified atom stereocenters. The zero-order valence-corrected chi connectivity index (χ0v) is 12.7. The lowest BCUT2D eigenvalue weighted by Crippen LogP contribution is -2.37. The molecule has 0 saturated heterocycles. The Hall–Kier alpha value is -1.12. The van der Waals surface area contributed by atoms with Crippen LogP contribution in [0.25, 0.3) is 0 Å². The number of benzene rings is 1. The number of nitrogens with two attached hydrogens (primary N) is 1. The van der Waals surface area contributed by atoms with E-state index < -0.39 is 25.9 Å². The van der Waals surface area contributed by atoms with E-state index in [1.54, 1.807) is 13.0 Å². The van der Waals surface area contributed by atoms with E-state index in [9.17, 15) is 16.8 Å². The molecule has 0 radical (unpaired) electrons. The van der Waals surface area contributed by atoms with Crippen LogP contribution < -0.4 is 10.5 Å². The first-order valence-corrected chi connectivity index (χ1v) is 9.12. The Morgan fingerprint density at radius 2 is 1.84 bits per heavy atom. The molecule has 108 valence electrons. The maximum atomic E-state index is 12.1. The Balaban J connectivity index is 3.03. The van der Waals surface area contributed by atoms with E-state index in [2.05, 4.69) is 4.72 Å². The largest absolute Gasteiger partial charge is 0.398 e. The van der Waals surface area contributed by atoms with Gasteiger partial charge in [0.05, 0.1) is 10.6 Å². The van der Waals surface area contributed by atoms with Gasteiger partial charge in [-0.3, -0.25) is 0 Å². The van der Waals surface area contributed by atoms with E-state index in [0.717, 1.165) is 6.26 Å². The third-order valence-electron chi connectivity index (χ3n) is 2.52. The third kappa shape index (κ3) is 4.48. The Kier molecular flexibility index (Phi) is 4.59. The highest BCUT2D eigenvalue weighted by atomic mass is 32.2. The monoisotopic (exact) mass is 306 g/mol. The summed E-state index contributed by atoms with van der Waals surface area (Å²) >= 11 is 0. The van der Waals surface area contributed by atoms with E-state index in [1.165, 1.54) is 19.1 Å². The SMILES string of the molecule is Cc1c(N)cccc1S(=O)(=O)NC(C)CS(C)(=O)=O. The molecule has 0 heterocycles. The van der Waals surface area contributed by atoms with Crippen LogP contribution in [0.1, 0.15) is 12.5 Å². The van der Waals surface area contributed by atoms with Crippen molar-refractivity contribution in [1.82, 2.24) is 4.72 Å². The van der Waals surface area contributed by atoms with Crippen LogP contribution in [0.3, 0.4) is 0 Å². The fourth-order valence-corrected chi connectivity index (χ4v) is 4.35. The third-order valence-corrected chi connectivity index (χ3v) is 5.36. The van der Waals surface area contributed by atoms with Gasteiger partial charge in [0.25, 0.3) is 0 Å². The van der Waals surface area contributed by atoms with Crippen molar-refractivity contribution >= 4 is 25.5 Å². The van der Waals surface area contributed by atoms with Gasteiger partial charge in [-0.2, -0.15) is 0 Å². The first-order valence-electron chi connectivity index (χ1n) is 5.58. The second-order valence-corrected chi connectivity index (χ2v) is 8.45. The van der Waals surface area contributed by atoms with Crippen LogP contribution in [0.2, 0.25) is 0 Å². The van der Waals surface area contributed by atoms with Gasteiger partial charge in [0.1, 0.15) is 9.84 Å². The van der Waals surface area contributed by atoms with Gasteiger partial charge in [-0.25, -0.2) is 21.6 Å². The summed E-state index contributed by atoms with van der Waals surface area (Å²) in [5.74, 6) is -0.256. The molecule has 0 aliphatic carbocycles. The lowest BCUT2D eigenvalue weighted by Gasteiger charge is -2.15. The minimum absolute atomic E-state index is 0.0628. The molecule has 6 nitrogen and oxygen atoms in total. The van der Waals surface area contributed by atoms with Gasteiger partial charge in [0, 0.05) is 18.0 Å².